The van der Waals surface area contributed by atoms with Gasteiger partial charge in [0.15, 0.2) is 18.3 Å². The Hall–Kier alpha value is -3.38. The van der Waals surface area contributed by atoms with Crippen LogP contribution < -0.4 is 0 Å². The van der Waals surface area contributed by atoms with E-state index < -0.39 is 30.2 Å². The van der Waals surface area contributed by atoms with Crippen molar-refractivity contribution in [1.82, 2.24) is 9.88 Å². The van der Waals surface area contributed by atoms with Gasteiger partial charge in [0, 0.05) is 17.1 Å². The van der Waals surface area contributed by atoms with Crippen LogP contribution in [0.1, 0.15) is 79.8 Å². The third-order valence-corrected chi connectivity index (χ3v) is 6.80. The van der Waals surface area contributed by atoms with Crippen LogP contribution in [0.25, 0.3) is 0 Å². The molecule has 0 spiro atoms. The number of Topliss-reactive ketones (excluding diaryl/α,β-unsaturated/α-hetero) is 1. The molecule has 2 aliphatic rings. The number of nitrogens with zero attached hydrogens (tertiary/aromatic N) is 3. The van der Waals surface area contributed by atoms with Gasteiger partial charge in [-0.2, -0.15) is 5.26 Å². The summed E-state index contributed by atoms with van der Waals surface area (Å²) in [6.07, 6.45) is 4.65. The zero-order chi connectivity index (χ0) is 22.8. The molecule has 2 heterocycles. The Labute approximate surface area is 188 Å². The van der Waals surface area contributed by atoms with E-state index in [0.717, 1.165) is 32.1 Å². The van der Waals surface area contributed by atoms with Crippen molar-refractivity contribution in [2.75, 3.05) is 6.61 Å². The summed E-state index contributed by atoms with van der Waals surface area (Å²) >= 11 is 1.20. The molecule has 1 aromatic carbocycles. The van der Waals surface area contributed by atoms with Crippen molar-refractivity contribution >= 4 is 34.9 Å². The van der Waals surface area contributed by atoms with E-state index in [1.165, 1.54) is 34.4 Å². The van der Waals surface area contributed by atoms with Gasteiger partial charge < -0.3 is 4.74 Å². The summed E-state index contributed by atoms with van der Waals surface area (Å²) in [4.78, 5) is 56.0. The van der Waals surface area contributed by atoms with Crippen molar-refractivity contribution in [2.45, 2.75) is 51.0 Å². The molecule has 0 bridgehead atoms. The Kier molecular flexibility index (Phi) is 6.15. The molecule has 1 fully saturated rings. The van der Waals surface area contributed by atoms with E-state index in [-0.39, 0.29) is 28.6 Å². The van der Waals surface area contributed by atoms with Crippen LogP contribution in [0.4, 0.5) is 0 Å². The lowest BCUT2D eigenvalue weighted by Crippen LogP contribution is -2.40. The molecule has 2 amide bonds. The predicted molar refractivity (Wildman–Crippen MR) is 114 cm³/mol. The maximum absolute atomic E-state index is 12.9. The van der Waals surface area contributed by atoms with Crippen LogP contribution in [0, 0.1) is 18.3 Å². The highest BCUT2D eigenvalue weighted by Gasteiger charge is 2.40. The van der Waals surface area contributed by atoms with Crippen molar-refractivity contribution in [3.63, 3.8) is 0 Å². The summed E-state index contributed by atoms with van der Waals surface area (Å²) in [5.74, 6) is -3.21. The molecule has 1 aliphatic heterocycles. The number of benzene rings is 1. The number of ketones is 1. The van der Waals surface area contributed by atoms with Gasteiger partial charge in [0.2, 0.25) is 0 Å². The second kappa shape index (κ2) is 9.01. The number of hydrogen-bond donors (Lipinski definition) is 0. The number of esters is 1. The summed E-state index contributed by atoms with van der Waals surface area (Å²) in [6.45, 7) is 1.17. The molecule has 8 nitrogen and oxygen atoms in total. The number of carbonyl (C=O) groups is 4. The zero-order valence-electron chi connectivity index (χ0n) is 17.5. The number of aryl methyl sites for hydroxylation is 1. The molecule has 164 valence electrons. The van der Waals surface area contributed by atoms with Gasteiger partial charge >= 0.3 is 5.97 Å². The van der Waals surface area contributed by atoms with Gasteiger partial charge in [-0.25, -0.2) is 9.78 Å². The van der Waals surface area contributed by atoms with Crippen LogP contribution in [0.5, 0.6) is 0 Å². The second-order valence-corrected chi connectivity index (χ2v) is 8.85. The van der Waals surface area contributed by atoms with Crippen molar-refractivity contribution in [2.24, 2.45) is 0 Å². The van der Waals surface area contributed by atoms with Crippen LogP contribution in [0.2, 0.25) is 0 Å². The normalized spacial score (nSPS) is 17.1. The van der Waals surface area contributed by atoms with Gasteiger partial charge in [-0.15, -0.1) is 11.3 Å². The Bertz CT molecular complexity index is 1140. The fourth-order valence-electron chi connectivity index (χ4n) is 4.13. The molecule has 1 aliphatic carbocycles. The number of amides is 2. The molecule has 1 saturated carbocycles. The van der Waals surface area contributed by atoms with Gasteiger partial charge in [-0.05, 0) is 38.0 Å². The lowest BCUT2D eigenvalue weighted by molar-refractivity contribution is -0.122. The first-order valence-electron chi connectivity index (χ1n) is 10.4. The first-order valence-corrected chi connectivity index (χ1v) is 11.3. The van der Waals surface area contributed by atoms with Gasteiger partial charge in [0.1, 0.15) is 5.01 Å². The number of imide groups is 1. The average molecular weight is 452 g/mol. The van der Waals surface area contributed by atoms with E-state index in [0.29, 0.717) is 10.7 Å². The average Bonchev–Trinajstić information content (AvgIpc) is 3.33. The molecular weight excluding hydrogens is 430 g/mol. The number of thiazole rings is 1. The van der Waals surface area contributed by atoms with Crippen molar-refractivity contribution in [3.8, 4) is 6.07 Å². The lowest BCUT2D eigenvalue weighted by Gasteiger charge is -2.29. The SMILES string of the molecule is Cc1csc([C@@H](C#N)C(=O)COC(=O)c2ccc3c(c2)C(=O)N(C2CCCCC2)C3=O)n1. The van der Waals surface area contributed by atoms with E-state index in [1.54, 1.807) is 12.3 Å². The monoisotopic (exact) mass is 451 g/mol. The first-order chi connectivity index (χ1) is 15.4. The molecule has 1 atom stereocenters. The van der Waals surface area contributed by atoms with Crippen molar-refractivity contribution in [1.29, 1.82) is 5.26 Å². The largest absolute Gasteiger partial charge is 0.454 e. The molecule has 1 aromatic heterocycles. The number of nitriles is 1. The van der Waals surface area contributed by atoms with E-state index >= 15 is 0 Å². The molecule has 0 unspecified atom stereocenters. The van der Waals surface area contributed by atoms with E-state index in [4.69, 9.17) is 4.74 Å². The summed E-state index contributed by atoms with van der Waals surface area (Å²) in [5.41, 5.74) is 1.22. The number of aromatic nitrogens is 1. The van der Waals surface area contributed by atoms with Gasteiger partial charge in [-0.3, -0.25) is 19.3 Å². The Morgan fingerprint density at radius 2 is 1.94 bits per heavy atom. The summed E-state index contributed by atoms with van der Waals surface area (Å²) in [6, 6.07) is 5.99. The van der Waals surface area contributed by atoms with Crippen LogP contribution >= 0.6 is 11.3 Å². The molecular formula is C23H21N3O5S. The second-order valence-electron chi connectivity index (χ2n) is 7.96. The van der Waals surface area contributed by atoms with Crippen LogP contribution in [0.3, 0.4) is 0 Å². The summed E-state index contributed by atoms with van der Waals surface area (Å²) in [5, 5.41) is 11.4. The van der Waals surface area contributed by atoms with Crippen LogP contribution in [-0.4, -0.2) is 46.1 Å². The van der Waals surface area contributed by atoms with E-state index in [2.05, 4.69) is 4.98 Å². The lowest BCUT2D eigenvalue weighted by atomic mass is 9.94. The first kappa shape index (κ1) is 21.8. The van der Waals surface area contributed by atoms with Gasteiger partial charge in [0.25, 0.3) is 11.8 Å². The Balaban J connectivity index is 1.44. The smallest absolute Gasteiger partial charge is 0.338 e. The zero-order valence-corrected chi connectivity index (χ0v) is 18.3. The molecule has 4 rings (SSSR count). The van der Waals surface area contributed by atoms with Gasteiger partial charge in [-0.1, -0.05) is 19.3 Å². The molecule has 0 N–H and O–H groups in total. The topological polar surface area (TPSA) is 117 Å². The Morgan fingerprint density at radius 3 is 2.59 bits per heavy atom. The van der Waals surface area contributed by atoms with E-state index in [1.807, 2.05) is 6.07 Å². The fraction of sp³-hybridized carbons (Fsp3) is 0.391. The third-order valence-electron chi connectivity index (χ3n) is 5.77. The fourth-order valence-corrected chi connectivity index (χ4v) is 4.99. The van der Waals surface area contributed by atoms with Crippen molar-refractivity contribution < 1.29 is 23.9 Å². The number of fused-ring (bicyclic) bond motifs is 1. The predicted octanol–water partition coefficient (Wildman–Crippen LogP) is 3.41. The maximum atomic E-state index is 12.9. The molecule has 0 radical (unpaired) electrons. The summed E-state index contributed by atoms with van der Waals surface area (Å²) < 4.78 is 5.09. The Morgan fingerprint density at radius 1 is 1.22 bits per heavy atom. The molecule has 0 saturated heterocycles. The molecule has 2 aromatic rings. The minimum Gasteiger partial charge on any atom is -0.454 e. The van der Waals surface area contributed by atoms with E-state index in [9.17, 15) is 24.4 Å². The van der Waals surface area contributed by atoms with Crippen molar-refractivity contribution in [3.05, 3.63) is 51.0 Å². The highest BCUT2D eigenvalue weighted by Crippen LogP contribution is 2.31. The van der Waals surface area contributed by atoms with Crippen LogP contribution in [0.15, 0.2) is 23.6 Å². The highest BCUT2D eigenvalue weighted by atomic mass is 32.1. The number of ether oxygens (including phenoxy) is 1. The third kappa shape index (κ3) is 4.06. The minimum absolute atomic E-state index is 0.0711. The maximum Gasteiger partial charge on any atom is 0.338 e. The number of hydrogen-bond acceptors (Lipinski definition) is 8. The molecule has 9 heteroatoms. The quantitative estimate of drug-likeness (QED) is 0.488. The number of rotatable bonds is 6. The highest BCUT2D eigenvalue weighted by molar-refractivity contribution is 7.09. The standard InChI is InChI=1S/C23H21N3O5S/c1-13-12-32-20(25-13)18(10-24)19(27)11-31-23(30)14-7-8-16-17(9-14)22(29)26(21(16)28)15-5-3-2-4-6-15/h7-9,12,15,18H,2-6,11H2,1H3/t18-/m0/s1. The van der Waals surface area contributed by atoms with Gasteiger partial charge in [0.05, 0.1) is 22.8 Å². The number of carbonyl (C=O) groups excluding carboxylic acids is 4. The minimum atomic E-state index is -1.11. The van der Waals surface area contributed by atoms with Crippen LogP contribution in [-0.2, 0) is 9.53 Å². The molecule has 32 heavy (non-hydrogen) atoms. The summed E-state index contributed by atoms with van der Waals surface area (Å²) in [7, 11) is 0.